The van der Waals surface area contributed by atoms with Gasteiger partial charge in [-0.1, -0.05) is 19.1 Å². The lowest BCUT2D eigenvalue weighted by Gasteiger charge is -2.29. The number of rotatable bonds is 4. The van der Waals surface area contributed by atoms with E-state index in [-0.39, 0.29) is 18.1 Å². The van der Waals surface area contributed by atoms with Gasteiger partial charge in [0.25, 0.3) is 5.91 Å². The summed E-state index contributed by atoms with van der Waals surface area (Å²) in [6.45, 7) is 2.68. The van der Waals surface area contributed by atoms with Gasteiger partial charge >= 0.3 is 0 Å². The molecule has 0 aromatic carbocycles. The predicted octanol–water partition coefficient (Wildman–Crippen LogP) is 2.64. The number of ether oxygens (including phenoxy) is 1. The van der Waals surface area contributed by atoms with Crippen LogP contribution in [0.4, 0.5) is 0 Å². The third kappa shape index (κ3) is 3.10. The van der Waals surface area contributed by atoms with E-state index in [1.54, 1.807) is 23.5 Å². The van der Waals surface area contributed by atoms with Gasteiger partial charge in [0, 0.05) is 37.8 Å². The van der Waals surface area contributed by atoms with Crippen LogP contribution in [0.15, 0.2) is 42.9 Å². The lowest BCUT2D eigenvalue weighted by Crippen LogP contribution is -2.39. The molecular weight excluding hydrogens is 290 g/mol. The zero-order valence-corrected chi connectivity index (χ0v) is 13.5. The predicted molar refractivity (Wildman–Crippen MR) is 87.0 cm³/mol. The molecule has 5 heteroatoms. The highest BCUT2D eigenvalue weighted by atomic mass is 16.5. The number of nitrogens with zero attached hydrogens (tertiary/aromatic N) is 3. The number of aryl methyl sites for hydroxylation is 1. The molecule has 0 aliphatic carbocycles. The smallest absolute Gasteiger partial charge is 0.272 e. The van der Waals surface area contributed by atoms with E-state index in [2.05, 4.69) is 9.97 Å². The summed E-state index contributed by atoms with van der Waals surface area (Å²) >= 11 is 0. The van der Waals surface area contributed by atoms with Gasteiger partial charge in [-0.2, -0.15) is 0 Å². The highest BCUT2D eigenvalue weighted by Crippen LogP contribution is 2.32. The fraction of sp³-hybridized carbons (Fsp3) is 0.389. The second-order valence-corrected chi connectivity index (χ2v) is 5.71. The summed E-state index contributed by atoms with van der Waals surface area (Å²) < 4.78 is 5.86. The third-order valence-electron chi connectivity index (χ3n) is 4.37. The van der Waals surface area contributed by atoms with Crippen LogP contribution in [0.25, 0.3) is 0 Å². The molecule has 1 amide bonds. The largest absolute Gasteiger partial charge is 0.371 e. The molecule has 1 aliphatic rings. The van der Waals surface area contributed by atoms with Crippen LogP contribution in [0.1, 0.15) is 41.1 Å². The Balaban J connectivity index is 1.84. The molecule has 0 saturated carbocycles. The summed E-state index contributed by atoms with van der Waals surface area (Å²) in [4.78, 5) is 23.1. The van der Waals surface area contributed by atoms with Gasteiger partial charge in [0.1, 0.15) is 11.8 Å². The van der Waals surface area contributed by atoms with Crippen molar-refractivity contribution in [3.8, 4) is 0 Å². The van der Waals surface area contributed by atoms with Crippen LogP contribution in [-0.4, -0.2) is 40.5 Å². The Morgan fingerprint density at radius 3 is 2.91 bits per heavy atom. The lowest BCUT2D eigenvalue weighted by molar-refractivity contribution is 0.0510. The third-order valence-corrected chi connectivity index (χ3v) is 4.37. The molecule has 3 heterocycles. The molecule has 0 N–H and O–H groups in total. The standard InChI is InChI=1S/C18H21N3O2/c1-3-13-6-5-10-20-16(13)18(22)21(2)15-8-11-23-17(15)14-7-4-9-19-12-14/h4-7,9-10,12,15,17H,3,8,11H2,1-2H3/t15-,17+/m0/s1. The monoisotopic (exact) mass is 311 g/mol. The van der Waals surface area contributed by atoms with Crippen LogP contribution >= 0.6 is 0 Å². The average molecular weight is 311 g/mol. The summed E-state index contributed by atoms with van der Waals surface area (Å²) in [5.41, 5.74) is 2.52. The van der Waals surface area contributed by atoms with Gasteiger partial charge in [0.15, 0.2) is 0 Å². The second kappa shape index (κ2) is 6.87. The number of hydrogen-bond acceptors (Lipinski definition) is 4. The minimum absolute atomic E-state index is 0.00147. The zero-order valence-electron chi connectivity index (χ0n) is 13.5. The van der Waals surface area contributed by atoms with Gasteiger partial charge in [0.2, 0.25) is 0 Å². The molecule has 0 spiro atoms. The summed E-state index contributed by atoms with van der Waals surface area (Å²) in [7, 11) is 1.83. The average Bonchev–Trinajstić information content (AvgIpc) is 3.11. The number of hydrogen-bond donors (Lipinski definition) is 0. The minimum atomic E-state index is -0.133. The normalized spacial score (nSPS) is 20.4. The Labute approximate surface area is 136 Å². The molecule has 0 unspecified atom stereocenters. The minimum Gasteiger partial charge on any atom is -0.371 e. The number of pyridine rings is 2. The van der Waals surface area contributed by atoms with Crippen LogP contribution in [0.2, 0.25) is 0 Å². The van der Waals surface area contributed by atoms with Crippen LogP contribution in [0.5, 0.6) is 0 Å². The van der Waals surface area contributed by atoms with E-state index in [1.165, 1.54) is 0 Å². The van der Waals surface area contributed by atoms with Crippen molar-refractivity contribution in [2.24, 2.45) is 0 Å². The first-order valence-corrected chi connectivity index (χ1v) is 7.95. The van der Waals surface area contributed by atoms with Crippen molar-refractivity contribution < 1.29 is 9.53 Å². The zero-order chi connectivity index (χ0) is 16.2. The van der Waals surface area contributed by atoms with E-state index in [1.807, 2.05) is 38.2 Å². The van der Waals surface area contributed by atoms with Crippen LogP contribution in [-0.2, 0) is 11.2 Å². The summed E-state index contributed by atoms with van der Waals surface area (Å²) in [6, 6.07) is 7.71. The van der Waals surface area contributed by atoms with E-state index < -0.39 is 0 Å². The summed E-state index contributed by atoms with van der Waals surface area (Å²) in [5, 5.41) is 0. The molecular formula is C18H21N3O2. The Bertz CT molecular complexity index is 675. The van der Waals surface area contributed by atoms with E-state index in [4.69, 9.17) is 4.74 Å². The molecule has 2 atom stereocenters. The molecule has 0 radical (unpaired) electrons. The molecule has 1 aliphatic heterocycles. The molecule has 3 rings (SSSR count). The maximum absolute atomic E-state index is 12.9. The van der Waals surface area contributed by atoms with Crippen molar-refractivity contribution in [2.75, 3.05) is 13.7 Å². The van der Waals surface area contributed by atoms with Gasteiger partial charge in [-0.25, -0.2) is 0 Å². The van der Waals surface area contributed by atoms with Gasteiger partial charge in [-0.05, 0) is 30.5 Å². The van der Waals surface area contributed by atoms with Crippen molar-refractivity contribution in [1.29, 1.82) is 0 Å². The Kier molecular flexibility index (Phi) is 4.67. The number of aromatic nitrogens is 2. The number of amides is 1. The van der Waals surface area contributed by atoms with Crippen molar-refractivity contribution in [3.63, 3.8) is 0 Å². The van der Waals surface area contributed by atoms with Crippen molar-refractivity contribution in [1.82, 2.24) is 14.9 Å². The first-order valence-electron chi connectivity index (χ1n) is 7.95. The van der Waals surface area contributed by atoms with Gasteiger partial charge < -0.3 is 9.64 Å². The maximum Gasteiger partial charge on any atom is 0.272 e. The van der Waals surface area contributed by atoms with Crippen LogP contribution in [0, 0.1) is 0 Å². The Morgan fingerprint density at radius 2 is 2.17 bits per heavy atom. The molecule has 2 aromatic rings. The van der Waals surface area contributed by atoms with E-state index >= 15 is 0 Å². The van der Waals surface area contributed by atoms with Crippen molar-refractivity contribution in [2.45, 2.75) is 31.9 Å². The molecule has 120 valence electrons. The number of carbonyl (C=O) groups is 1. The van der Waals surface area contributed by atoms with Gasteiger partial charge in [-0.3, -0.25) is 14.8 Å². The highest BCUT2D eigenvalue weighted by Gasteiger charge is 2.35. The van der Waals surface area contributed by atoms with E-state index in [9.17, 15) is 4.79 Å². The first-order chi connectivity index (χ1) is 11.2. The quantitative estimate of drug-likeness (QED) is 0.871. The summed E-state index contributed by atoms with van der Waals surface area (Å²) in [6.07, 6.45) is 6.69. The molecule has 23 heavy (non-hydrogen) atoms. The Morgan fingerprint density at radius 1 is 1.35 bits per heavy atom. The lowest BCUT2D eigenvalue weighted by atomic mass is 10.0. The molecule has 2 aromatic heterocycles. The molecule has 1 saturated heterocycles. The SMILES string of the molecule is CCc1cccnc1C(=O)N(C)[C@H]1CCO[C@@H]1c1cccnc1. The van der Waals surface area contributed by atoms with Crippen molar-refractivity contribution >= 4 is 5.91 Å². The molecule has 0 bridgehead atoms. The molecule has 1 fully saturated rings. The van der Waals surface area contributed by atoms with Crippen LogP contribution < -0.4 is 0 Å². The topological polar surface area (TPSA) is 55.3 Å². The number of likely N-dealkylation sites (N-methyl/N-ethyl adjacent to an activating group) is 1. The fourth-order valence-corrected chi connectivity index (χ4v) is 3.07. The van der Waals surface area contributed by atoms with E-state index in [0.717, 1.165) is 24.0 Å². The second-order valence-electron chi connectivity index (χ2n) is 5.71. The summed E-state index contributed by atoms with van der Waals surface area (Å²) in [5.74, 6) is -0.0492. The van der Waals surface area contributed by atoms with Gasteiger partial charge in [0.05, 0.1) is 6.04 Å². The van der Waals surface area contributed by atoms with Gasteiger partial charge in [-0.15, -0.1) is 0 Å². The first kappa shape index (κ1) is 15.6. The Hall–Kier alpha value is -2.27. The van der Waals surface area contributed by atoms with E-state index in [0.29, 0.717) is 12.3 Å². The van der Waals surface area contributed by atoms with Crippen molar-refractivity contribution in [3.05, 3.63) is 59.7 Å². The fourth-order valence-electron chi connectivity index (χ4n) is 3.07. The maximum atomic E-state index is 12.9. The highest BCUT2D eigenvalue weighted by molar-refractivity contribution is 5.93. The van der Waals surface area contributed by atoms with Crippen LogP contribution in [0.3, 0.4) is 0 Å². The molecule has 5 nitrogen and oxygen atoms in total. The number of carbonyl (C=O) groups excluding carboxylic acids is 1.